The first-order valence-electron chi connectivity index (χ1n) is 5.57. The van der Waals surface area contributed by atoms with Crippen LogP contribution in [0.4, 0.5) is 11.4 Å². The summed E-state index contributed by atoms with van der Waals surface area (Å²) in [5, 5.41) is 26.6. The van der Waals surface area contributed by atoms with Gasteiger partial charge < -0.3 is 10.4 Å². The first-order valence-corrected chi connectivity index (χ1v) is 5.57. The van der Waals surface area contributed by atoms with E-state index in [0.717, 1.165) is 6.07 Å². The van der Waals surface area contributed by atoms with Crippen LogP contribution in [0.3, 0.4) is 0 Å². The molecule has 2 rings (SSSR count). The molecule has 9 nitrogen and oxygen atoms in total. The van der Waals surface area contributed by atoms with Gasteiger partial charge >= 0.3 is 5.97 Å². The number of nitro groups is 1. The molecule has 1 aromatic heterocycles. The topological polar surface area (TPSA) is 123 Å². The molecule has 0 amide bonds. The molecule has 0 aliphatic heterocycles. The van der Waals surface area contributed by atoms with E-state index >= 15 is 0 Å². The molecule has 0 atom stereocenters. The molecule has 20 heavy (non-hydrogen) atoms. The minimum Gasteiger partial charge on any atom is -0.478 e. The van der Waals surface area contributed by atoms with E-state index in [1.165, 1.54) is 23.1 Å². The average molecular weight is 277 g/mol. The van der Waals surface area contributed by atoms with Crippen LogP contribution in [-0.2, 0) is 13.6 Å². The number of benzene rings is 1. The molecule has 0 spiro atoms. The van der Waals surface area contributed by atoms with Crippen molar-refractivity contribution in [2.45, 2.75) is 6.54 Å². The Balaban J connectivity index is 2.25. The number of carboxylic acid groups (broad SMARTS) is 1. The fourth-order valence-electron chi connectivity index (χ4n) is 1.62. The number of aromatic nitrogens is 3. The molecule has 2 N–H and O–H groups in total. The Morgan fingerprint density at radius 3 is 2.85 bits per heavy atom. The predicted octanol–water partition coefficient (Wildman–Crippen LogP) is 1.03. The number of nitrogens with one attached hydrogen (secondary N) is 1. The minimum absolute atomic E-state index is 0.0495. The van der Waals surface area contributed by atoms with Crippen molar-refractivity contribution in [3.63, 3.8) is 0 Å². The fraction of sp³-hybridized carbons (Fsp3) is 0.182. The number of rotatable bonds is 5. The van der Waals surface area contributed by atoms with Gasteiger partial charge in [0, 0.05) is 19.2 Å². The van der Waals surface area contributed by atoms with Gasteiger partial charge in [-0.05, 0) is 6.07 Å². The maximum absolute atomic E-state index is 11.1. The van der Waals surface area contributed by atoms with E-state index in [2.05, 4.69) is 15.4 Å². The standard InChI is InChI=1S/C11H11N5O4/c1-15-6-13-10(14-15)5-12-9-4-7(16(19)20)2-3-8(9)11(17)18/h2-4,6,12H,5H2,1H3,(H,17,18). The lowest BCUT2D eigenvalue weighted by atomic mass is 10.1. The predicted molar refractivity (Wildman–Crippen MR) is 68.4 cm³/mol. The Labute approximate surface area is 113 Å². The van der Waals surface area contributed by atoms with E-state index in [1.54, 1.807) is 7.05 Å². The molecule has 104 valence electrons. The van der Waals surface area contributed by atoms with Crippen LogP contribution in [0.2, 0.25) is 0 Å². The van der Waals surface area contributed by atoms with Gasteiger partial charge in [-0.3, -0.25) is 14.8 Å². The summed E-state index contributed by atoms with van der Waals surface area (Å²) in [6.07, 6.45) is 1.50. The molecule has 0 unspecified atom stereocenters. The molecule has 0 bridgehead atoms. The molecule has 0 fully saturated rings. The third-order valence-corrected chi connectivity index (χ3v) is 2.53. The summed E-state index contributed by atoms with van der Waals surface area (Å²) < 4.78 is 1.50. The maximum Gasteiger partial charge on any atom is 0.337 e. The second-order valence-corrected chi connectivity index (χ2v) is 3.98. The van der Waals surface area contributed by atoms with Gasteiger partial charge in [0.1, 0.15) is 6.33 Å². The summed E-state index contributed by atoms with van der Waals surface area (Å²) in [7, 11) is 1.70. The van der Waals surface area contributed by atoms with Crippen molar-refractivity contribution < 1.29 is 14.8 Å². The van der Waals surface area contributed by atoms with Crippen molar-refractivity contribution in [1.82, 2.24) is 14.8 Å². The van der Waals surface area contributed by atoms with Crippen LogP contribution in [0.1, 0.15) is 16.2 Å². The number of non-ortho nitro benzene ring substituents is 1. The Bertz CT molecular complexity index is 667. The van der Waals surface area contributed by atoms with E-state index in [0.29, 0.717) is 5.82 Å². The molecular formula is C11H11N5O4. The zero-order chi connectivity index (χ0) is 14.7. The molecule has 0 radical (unpaired) electrons. The summed E-state index contributed by atoms with van der Waals surface area (Å²) in [4.78, 5) is 25.2. The van der Waals surface area contributed by atoms with Crippen LogP contribution in [-0.4, -0.2) is 30.8 Å². The minimum atomic E-state index is -1.17. The van der Waals surface area contributed by atoms with Crippen molar-refractivity contribution >= 4 is 17.3 Å². The Kier molecular flexibility index (Phi) is 3.60. The molecule has 0 aliphatic carbocycles. The summed E-state index contributed by atoms with van der Waals surface area (Å²) in [6.45, 7) is 0.169. The van der Waals surface area contributed by atoms with Gasteiger partial charge in [-0.1, -0.05) is 0 Å². The number of carboxylic acids is 1. The third kappa shape index (κ3) is 2.88. The molecular weight excluding hydrogens is 266 g/mol. The zero-order valence-corrected chi connectivity index (χ0v) is 10.5. The molecule has 9 heteroatoms. The number of nitrogens with zero attached hydrogens (tertiary/aromatic N) is 4. The second-order valence-electron chi connectivity index (χ2n) is 3.98. The summed E-state index contributed by atoms with van der Waals surface area (Å²) >= 11 is 0. The molecule has 1 aromatic carbocycles. The highest BCUT2D eigenvalue weighted by atomic mass is 16.6. The van der Waals surface area contributed by atoms with Gasteiger partial charge in [0.25, 0.3) is 5.69 Å². The van der Waals surface area contributed by atoms with Crippen LogP contribution in [0.15, 0.2) is 24.5 Å². The van der Waals surface area contributed by atoms with Crippen LogP contribution in [0, 0.1) is 10.1 Å². The first-order chi connectivity index (χ1) is 9.47. The van der Waals surface area contributed by atoms with E-state index in [1.807, 2.05) is 0 Å². The lowest BCUT2D eigenvalue weighted by molar-refractivity contribution is -0.384. The smallest absolute Gasteiger partial charge is 0.337 e. The Hall–Kier alpha value is -2.97. The van der Waals surface area contributed by atoms with E-state index in [4.69, 9.17) is 5.11 Å². The van der Waals surface area contributed by atoms with Gasteiger partial charge in [-0.25, -0.2) is 9.78 Å². The van der Waals surface area contributed by atoms with E-state index in [-0.39, 0.29) is 23.5 Å². The summed E-state index contributed by atoms with van der Waals surface area (Å²) in [6, 6.07) is 3.51. The highest BCUT2D eigenvalue weighted by Crippen LogP contribution is 2.23. The number of anilines is 1. The number of aryl methyl sites for hydroxylation is 1. The number of carbonyl (C=O) groups is 1. The maximum atomic E-state index is 11.1. The Morgan fingerprint density at radius 1 is 1.55 bits per heavy atom. The fourth-order valence-corrected chi connectivity index (χ4v) is 1.62. The SMILES string of the molecule is Cn1cnc(CNc2cc([N+](=O)[O-])ccc2C(=O)O)n1. The normalized spacial score (nSPS) is 10.2. The van der Waals surface area contributed by atoms with Crippen molar-refractivity contribution in [1.29, 1.82) is 0 Å². The molecule has 0 aliphatic rings. The van der Waals surface area contributed by atoms with Crippen LogP contribution in [0.25, 0.3) is 0 Å². The number of hydrogen-bond acceptors (Lipinski definition) is 6. The lowest BCUT2D eigenvalue weighted by Gasteiger charge is -2.07. The van der Waals surface area contributed by atoms with Gasteiger partial charge in [-0.2, -0.15) is 5.10 Å². The number of hydrogen-bond donors (Lipinski definition) is 2. The van der Waals surface area contributed by atoms with Crippen LogP contribution in [0.5, 0.6) is 0 Å². The van der Waals surface area contributed by atoms with E-state index in [9.17, 15) is 14.9 Å². The van der Waals surface area contributed by atoms with Crippen molar-refractivity contribution in [3.05, 3.63) is 46.0 Å². The zero-order valence-electron chi connectivity index (χ0n) is 10.5. The molecule has 0 saturated carbocycles. The van der Waals surface area contributed by atoms with Gasteiger partial charge in [0.2, 0.25) is 0 Å². The van der Waals surface area contributed by atoms with Crippen molar-refractivity contribution in [2.75, 3.05) is 5.32 Å². The average Bonchev–Trinajstić information content (AvgIpc) is 2.81. The van der Waals surface area contributed by atoms with Crippen molar-refractivity contribution in [3.8, 4) is 0 Å². The largest absolute Gasteiger partial charge is 0.478 e. The van der Waals surface area contributed by atoms with Gasteiger partial charge in [-0.15, -0.1) is 0 Å². The van der Waals surface area contributed by atoms with Gasteiger partial charge in [0.15, 0.2) is 5.82 Å². The molecule has 0 saturated heterocycles. The lowest BCUT2D eigenvalue weighted by Crippen LogP contribution is -2.08. The van der Waals surface area contributed by atoms with Crippen LogP contribution < -0.4 is 5.32 Å². The van der Waals surface area contributed by atoms with Crippen LogP contribution >= 0.6 is 0 Å². The summed E-state index contributed by atoms with van der Waals surface area (Å²) in [5.41, 5.74) is -0.0860. The van der Waals surface area contributed by atoms with Gasteiger partial charge in [0.05, 0.1) is 22.7 Å². The molecule has 2 aromatic rings. The molecule has 1 heterocycles. The quantitative estimate of drug-likeness (QED) is 0.618. The van der Waals surface area contributed by atoms with E-state index < -0.39 is 10.9 Å². The number of aromatic carboxylic acids is 1. The highest BCUT2D eigenvalue weighted by molar-refractivity contribution is 5.94. The summed E-state index contributed by atoms with van der Waals surface area (Å²) in [5.74, 6) is -0.716. The Morgan fingerprint density at radius 2 is 2.30 bits per heavy atom. The first kappa shape index (κ1) is 13.5. The number of nitro benzene ring substituents is 1. The highest BCUT2D eigenvalue weighted by Gasteiger charge is 2.15. The second kappa shape index (κ2) is 5.34. The monoisotopic (exact) mass is 277 g/mol. The van der Waals surface area contributed by atoms with Crippen molar-refractivity contribution in [2.24, 2.45) is 7.05 Å². The third-order valence-electron chi connectivity index (χ3n) is 2.53.